The Kier molecular flexibility index (Phi) is 5.74. The van der Waals surface area contributed by atoms with Gasteiger partial charge in [0.1, 0.15) is 22.8 Å². The fourth-order valence-corrected chi connectivity index (χ4v) is 5.91. The maximum absolute atomic E-state index is 13.8. The summed E-state index contributed by atoms with van der Waals surface area (Å²) in [7, 11) is 2.87. The normalized spacial score (nSPS) is 31.7. The molecule has 1 fully saturated rings. The first-order valence-electron chi connectivity index (χ1n) is 11.1. The van der Waals surface area contributed by atoms with E-state index < -0.39 is 87.3 Å². The molecule has 0 heterocycles. The fourth-order valence-electron chi connectivity index (χ4n) is 5.91. The van der Waals surface area contributed by atoms with Crippen molar-refractivity contribution in [2.45, 2.75) is 37.5 Å². The van der Waals surface area contributed by atoms with E-state index in [1.807, 2.05) is 0 Å². The number of aromatic hydroxyl groups is 1. The number of amides is 2. The first kappa shape index (κ1) is 25.4. The molecule has 12 nitrogen and oxygen atoms in total. The number of hydrogen-bond donors (Lipinski definition) is 7. The van der Waals surface area contributed by atoms with Crippen LogP contribution >= 0.6 is 0 Å². The molecule has 1 aromatic rings. The molecule has 0 spiro atoms. The molecule has 1 aromatic carbocycles. The predicted octanol–water partition coefficient (Wildman–Crippen LogP) is -0.546. The van der Waals surface area contributed by atoms with Gasteiger partial charge in [-0.3, -0.25) is 24.1 Å². The number of carbonyl (C=O) groups excluding carboxylic acids is 4. The maximum Gasteiger partial charge on any atom is 0.255 e. The van der Waals surface area contributed by atoms with E-state index in [0.717, 1.165) is 0 Å². The van der Waals surface area contributed by atoms with Crippen LogP contribution in [0.2, 0.25) is 0 Å². The van der Waals surface area contributed by atoms with E-state index in [1.165, 1.54) is 38.1 Å². The van der Waals surface area contributed by atoms with Gasteiger partial charge in [-0.15, -0.1) is 0 Å². The highest BCUT2D eigenvalue weighted by molar-refractivity contribution is 6.24. The molecule has 6 atom stereocenters. The van der Waals surface area contributed by atoms with E-state index in [0.29, 0.717) is 5.56 Å². The maximum atomic E-state index is 13.8. The summed E-state index contributed by atoms with van der Waals surface area (Å²) in [5, 5.41) is 58.4. The summed E-state index contributed by atoms with van der Waals surface area (Å²) >= 11 is 0. The summed E-state index contributed by atoms with van der Waals surface area (Å²) < 4.78 is 0. The van der Waals surface area contributed by atoms with Crippen LogP contribution in [0, 0.1) is 11.8 Å². The number of phenolic OH excluding ortho intramolecular Hbond substituents is 1. The highest BCUT2D eigenvalue weighted by Gasteiger charge is 2.68. The lowest BCUT2D eigenvalue weighted by atomic mass is 9.54. The second kappa shape index (κ2) is 8.15. The first-order valence-corrected chi connectivity index (χ1v) is 11.1. The number of hydrogen-bond acceptors (Lipinski definition) is 10. The van der Waals surface area contributed by atoms with E-state index in [2.05, 4.69) is 5.32 Å². The Labute approximate surface area is 205 Å². The second-order valence-corrected chi connectivity index (χ2v) is 9.66. The molecular formula is C24H27N3O9. The van der Waals surface area contributed by atoms with E-state index >= 15 is 0 Å². The summed E-state index contributed by atoms with van der Waals surface area (Å²) in [5.41, 5.74) is 0.918. The minimum atomic E-state index is -2.98. The van der Waals surface area contributed by atoms with Gasteiger partial charge in [-0.1, -0.05) is 13.0 Å². The average Bonchev–Trinajstić information content (AvgIpc) is 2.77. The van der Waals surface area contributed by atoms with Crippen LogP contribution in [0.3, 0.4) is 0 Å². The third kappa shape index (κ3) is 3.11. The van der Waals surface area contributed by atoms with Crippen molar-refractivity contribution < 1.29 is 44.7 Å². The lowest BCUT2D eigenvalue weighted by molar-refractivity contribution is -0.169. The highest BCUT2D eigenvalue weighted by Crippen LogP contribution is 2.56. The SMILES string of the molecule is CC(=O)Nc1ccc2c(c1O)C(O)=C1C(=O)[C@]3(O)C(O)=C(C(N)=O)C(=O)[C@@H](N(C)C)C3[C@@H](O)C1[C@H]2C. The fraction of sp³-hybridized carbons (Fsp3) is 0.417. The average molecular weight is 501 g/mol. The minimum absolute atomic E-state index is 0.0471. The van der Waals surface area contributed by atoms with Crippen LogP contribution in [0.4, 0.5) is 5.69 Å². The summed E-state index contributed by atoms with van der Waals surface area (Å²) in [6.07, 6.45) is -1.67. The standard InChI is InChI=1S/C24H27N3O9/c1-7-9-5-6-10(26-8(2)28)17(29)12(9)18(30)13-11(7)19(31)15-16(27(3)4)20(32)14(23(25)35)22(34)24(15,36)21(13)33/h5-7,11,15-16,19,29-31,34,36H,1-4H3,(H2,25,35)(H,26,28)/t7-,11?,15?,16-,19-,24-/m0/s1. The Morgan fingerprint density at radius 2 is 1.75 bits per heavy atom. The number of phenols is 1. The van der Waals surface area contributed by atoms with E-state index in [1.54, 1.807) is 6.92 Å². The van der Waals surface area contributed by atoms with Gasteiger partial charge in [0.15, 0.2) is 11.4 Å². The Morgan fingerprint density at radius 3 is 2.28 bits per heavy atom. The molecule has 0 radical (unpaired) electrons. The molecular weight excluding hydrogens is 474 g/mol. The van der Waals surface area contributed by atoms with Gasteiger partial charge in [-0.25, -0.2) is 0 Å². The van der Waals surface area contributed by atoms with Crippen molar-refractivity contribution in [3.05, 3.63) is 40.2 Å². The molecule has 0 aromatic heterocycles. The molecule has 12 heteroatoms. The van der Waals surface area contributed by atoms with Crippen molar-refractivity contribution >= 4 is 34.8 Å². The second-order valence-electron chi connectivity index (χ2n) is 9.66. The summed E-state index contributed by atoms with van der Waals surface area (Å²) in [4.78, 5) is 51.8. The van der Waals surface area contributed by atoms with Crippen LogP contribution in [0.5, 0.6) is 5.75 Å². The number of primary amides is 1. The number of aliphatic hydroxyl groups is 4. The monoisotopic (exact) mass is 501 g/mol. The lowest BCUT2D eigenvalue weighted by Gasteiger charge is -2.53. The number of fused-ring (bicyclic) bond motifs is 3. The number of anilines is 1. The largest absolute Gasteiger partial charge is 0.508 e. The van der Waals surface area contributed by atoms with Crippen molar-refractivity contribution in [3.63, 3.8) is 0 Å². The van der Waals surface area contributed by atoms with Crippen molar-refractivity contribution in [3.8, 4) is 5.75 Å². The van der Waals surface area contributed by atoms with Crippen LogP contribution in [0.25, 0.3) is 5.76 Å². The van der Waals surface area contributed by atoms with Gasteiger partial charge in [0, 0.05) is 18.4 Å². The Balaban J connectivity index is 2.04. The van der Waals surface area contributed by atoms with Gasteiger partial charge < -0.3 is 36.6 Å². The van der Waals surface area contributed by atoms with E-state index in [-0.39, 0.29) is 11.3 Å². The van der Waals surface area contributed by atoms with Gasteiger partial charge in [0.2, 0.25) is 11.7 Å². The van der Waals surface area contributed by atoms with Gasteiger partial charge in [-0.05, 0) is 31.6 Å². The van der Waals surface area contributed by atoms with Gasteiger partial charge >= 0.3 is 0 Å². The molecule has 0 bridgehead atoms. The zero-order valence-corrected chi connectivity index (χ0v) is 19.9. The summed E-state index contributed by atoms with van der Waals surface area (Å²) in [6, 6.07) is 1.49. The summed E-state index contributed by atoms with van der Waals surface area (Å²) in [6.45, 7) is 2.83. The molecule has 3 aliphatic carbocycles. The minimum Gasteiger partial charge on any atom is -0.508 e. The third-order valence-corrected chi connectivity index (χ3v) is 7.44. The van der Waals surface area contributed by atoms with Crippen molar-refractivity contribution in [2.75, 3.05) is 19.4 Å². The highest BCUT2D eigenvalue weighted by atomic mass is 16.4. The van der Waals surface area contributed by atoms with Crippen LogP contribution in [-0.2, 0) is 19.2 Å². The number of nitrogens with zero attached hydrogens (tertiary/aromatic N) is 1. The number of ketones is 2. The Hall–Kier alpha value is -3.74. The molecule has 2 amide bonds. The number of benzene rings is 1. The van der Waals surface area contributed by atoms with Crippen LogP contribution < -0.4 is 11.1 Å². The lowest BCUT2D eigenvalue weighted by Crippen LogP contribution is -2.70. The molecule has 0 saturated heterocycles. The number of rotatable bonds is 3. The molecule has 2 unspecified atom stereocenters. The topological polar surface area (TPSA) is 211 Å². The number of nitrogens with two attached hydrogens (primary N) is 1. The Morgan fingerprint density at radius 1 is 1.14 bits per heavy atom. The van der Waals surface area contributed by atoms with Gasteiger partial charge in [0.25, 0.3) is 5.91 Å². The number of Topliss-reactive ketones (excluding diaryl/α,β-unsaturated/α-hetero) is 2. The molecule has 36 heavy (non-hydrogen) atoms. The third-order valence-electron chi connectivity index (χ3n) is 7.44. The number of nitrogens with one attached hydrogen (secondary N) is 1. The Bertz CT molecular complexity index is 1300. The van der Waals surface area contributed by atoms with Crippen LogP contribution in [0.1, 0.15) is 30.9 Å². The molecule has 3 aliphatic rings. The van der Waals surface area contributed by atoms with Crippen molar-refractivity contribution in [1.29, 1.82) is 0 Å². The van der Waals surface area contributed by atoms with Gasteiger partial charge in [0.05, 0.1) is 29.3 Å². The van der Waals surface area contributed by atoms with Crippen LogP contribution in [-0.4, -0.2) is 85.7 Å². The van der Waals surface area contributed by atoms with Crippen molar-refractivity contribution in [2.24, 2.45) is 17.6 Å². The number of carbonyl (C=O) groups is 4. The number of aliphatic hydroxyl groups excluding tert-OH is 3. The predicted molar refractivity (Wildman–Crippen MR) is 125 cm³/mol. The smallest absolute Gasteiger partial charge is 0.255 e. The molecule has 8 N–H and O–H groups in total. The number of likely N-dealkylation sites (N-methyl/N-ethyl adjacent to an activating group) is 1. The van der Waals surface area contributed by atoms with E-state index in [9.17, 15) is 44.7 Å². The molecule has 4 rings (SSSR count). The molecule has 0 aliphatic heterocycles. The quantitative estimate of drug-likeness (QED) is 0.207. The zero-order chi connectivity index (χ0) is 27.0. The van der Waals surface area contributed by atoms with Crippen molar-refractivity contribution in [1.82, 2.24) is 4.90 Å². The summed E-state index contributed by atoms with van der Waals surface area (Å²) in [5.74, 6) is -10.2. The first-order chi connectivity index (χ1) is 16.7. The zero-order valence-electron chi connectivity index (χ0n) is 19.9. The molecule has 192 valence electrons. The van der Waals surface area contributed by atoms with E-state index in [4.69, 9.17) is 5.73 Å². The van der Waals surface area contributed by atoms with Crippen LogP contribution in [0.15, 0.2) is 29.0 Å². The van der Waals surface area contributed by atoms with Gasteiger partial charge in [-0.2, -0.15) is 0 Å². The molecule has 1 saturated carbocycles.